The molecule has 2 heterocycles. The van der Waals surface area contributed by atoms with Crippen LogP contribution < -0.4 is 20.7 Å². The summed E-state index contributed by atoms with van der Waals surface area (Å²) in [4.78, 5) is 16.8. The minimum Gasteiger partial charge on any atom is -0.505 e. The Morgan fingerprint density at radius 1 is 1.32 bits per heavy atom. The monoisotopic (exact) mass is 426 g/mol. The Kier molecular flexibility index (Phi) is 7.38. The molecule has 1 fully saturated rings. The van der Waals surface area contributed by atoms with E-state index in [-0.39, 0.29) is 17.2 Å². The summed E-state index contributed by atoms with van der Waals surface area (Å²) in [6.45, 7) is 8.39. The Morgan fingerprint density at radius 3 is 2.68 bits per heavy atom. The fourth-order valence-corrected chi connectivity index (χ4v) is 4.00. The second-order valence-electron chi connectivity index (χ2n) is 9.14. The second kappa shape index (κ2) is 10.0. The van der Waals surface area contributed by atoms with E-state index in [9.17, 15) is 9.90 Å². The first-order valence-electron chi connectivity index (χ1n) is 10.9. The molecule has 7 nitrogen and oxygen atoms in total. The fourth-order valence-electron chi connectivity index (χ4n) is 4.00. The van der Waals surface area contributed by atoms with Gasteiger partial charge in [0.1, 0.15) is 11.5 Å². The highest BCUT2D eigenvalue weighted by Crippen LogP contribution is 2.44. The van der Waals surface area contributed by atoms with Crippen LogP contribution in [0.25, 0.3) is 0 Å². The van der Waals surface area contributed by atoms with Gasteiger partial charge in [-0.25, -0.2) is 4.79 Å². The first-order chi connectivity index (χ1) is 14.8. The topological polar surface area (TPSA) is 95.5 Å². The predicted octanol–water partition coefficient (Wildman–Crippen LogP) is 3.96. The summed E-state index contributed by atoms with van der Waals surface area (Å²) in [6.07, 6.45) is 6.25. The smallest absolute Gasteiger partial charge is 0.319 e. The third kappa shape index (κ3) is 5.88. The molecule has 1 aliphatic rings. The largest absolute Gasteiger partial charge is 0.505 e. The lowest BCUT2D eigenvalue weighted by Gasteiger charge is -2.28. The number of anilines is 1. The normalized spacial score (nSPS) is 14.8. The molecule has 1 aromatic heterocycles. The van der Waals surface area contributed by atoms with E-state index >= 15 is 0 Å². The maximum Gasteiger partial charge on any atom is 0.319 e. The van der Waals surface area contributed by atoms with Crippen molar-refractivity contribution in [2.24, 2.45) is 5.92 Å². The van der Waals surface area contributed by atoms with Crippen LogP contribution in [0, 0.1) is 5.92 Å². The molecule has 31 heavy (non-hydrogen) atoms. The van der Waals surface area contributed by atoms with Gasteiger partial charge in [0.25, 0.3) is 0 Å². The Morgan fingerprint density at radius 2 is 2.06 bits per heavy atom. The number of phenols is 1. The number of benzene rings is 1. The van der Waals surface area contributed by atoms with Gasteiger partial charge in [-0.1, -0.05) is 26.8 Å². The average molecular weight is 427 g/mol. The van der Waals surface area contributed by atoms with Crippen molar-refractivity contribution in [2.75, 3.05) is 25.5 Å². The molecule has 0 bridgehead atoms. The quantitative estimate of drug-likeness (QED) is 0.525. The number of hydrogen-bond acceptors (Lipinski definition) is 5. The molecule has 2 aromatic rings. The molecular formula is C24H34N4O3. The van der Waals surface area contributed by atoms with Gasteiger partial charge in [-0.2, -0.15) is 0 Å². The van der Waals surface area contributed by atoms with Gasteiger partial charge in [-0.15, -0.1) is 0 Å². The molecule has 1 saturated heterocycles. The van der Waals surface area contributed by atoms with Crippen molar-refractivity contribution in [2.45, 2.75) is 52.0 Å². The first-order valence-corrected chi connectivity index (χ1v) is 10.9. The molecule has 0 radical (unpaired) electrons. The number of hydrogen-bond donors (Lipinski definition) is 4. The zero-order chi connectivity index (χ0) is 22.4. The highest BCUT2D eigenvalue weighted by Gasteiger charge is 2.28. The van der Waals surface area contributed by atoms with E-state index in [1.54, 1.807) is 19.5 Å². The molecule has 3 rings (SSSR count). The Balaban J connectivity index is 1.90. The number of nitrogens with zero attached hydrogens (tertiary/aromatic N) is 1. The number of piperidine rings is 1. The van der Waals surface area contributed by atoms with Crippen molar-refractivity contribution in [1.29, 1.82) is 0 Å². The molecule has 0 atom stereocenters. The first kappa shape index (κ1) is 22.9. The van der Waals surface area contributed by atoms with E-state index < -0.39 is 0 Å². The molecule has 1 aliphatic heterocycles. The number of phenolic OH excluding ortho intramolecular Hbond substituents is 1. The minimum atomic E-state index is -0.376. The van der Waals surface area contributed by atoms with E-state index in [0.717, 1.165) is 49.0 Å². The number of urea groups is 1. The zero-order valence-corrected chi connectivity index (χ0v) is 18.9. The molecular weight excluding hydrogens is 392 g/mol. The molecule has 0 spiro atoms. The molecule has 0 aliphatic carbocycles. The van der Waals surface area contributed by atoms with Gasteiger partial charge < -0.3 is 25.8 Å². The number of ether oxygens (including phenoxy) is 1. The number of aromatic nitrogens is 1. The maximum absolute atomic E-state index is 12.7. The maximum atomic E-state index is 12.7. The highest BCUT2D eigenvalue weighted by molar-refractivity contribution is 5.93. The third-order valence-electron chi connectivity index (χ3n) is 5.76. The van der Waals surface area contributed by atoms with Gasteiger partial charge in [0, 0.05) is 30.1 Å². The lowest BCUT2D eigenvalue weighted by molar-refractivity contribution is 0.251. The van der Waals surface area contributed by atoms with Crippen molar-refractivity contribution in [1.82, 2.24) is 15.6 Å². The van der Waals surface area contributed by atoms with Crippen LogP contribution in [0.5, 0.6) is 11.5 Å². The van der Waals surface area contributed by atoms with Gasteiger partial charge >= 0.3 is 6.03 Å². The minimum absolute atomic E-state index is 0.105. The summed E-state index contributed by atoms with van der Waals surface area (Å²) in [7, 11) is 1.64. The lowest BCUT2D eigenvalue weighted by Crippen LogP contribution is -2.30. The summed E-state index contributed by atoms with van der Waals surface area (Å²) in [5.74, 6) is 1.27. The van der Waals surface area contributed by atoms with Crippen LogP contribution in [0.3, 0.4) is 0 Å². The van der Waals surface area contributed by atoms with Crippen molar-refractivity contribution >= 4 is 11.7 Å². The van der Waals surface area contributed by atoms with Crippen LogP contribution in [0.1, 0.15) is 50.3 Å². The van der Waals surface area contributed by atoms with Crippen LogP contribution in [0.15, 0.2) is 30.6 Å². The summed E-state index contributed by atoms with van der Waals surface area (Å²) in [5, 5.41) is 20.3. The number of carbonyl (C=O) groups is 1. The van der Waals surface area contributed by atoms with Crippen molar-refractivity contribution in [3.8, 4) is 11.5 Å². The number of amides is 2. The number of methoxy groups -OCH3 is 1. The number of pyridine rings is 1. The Labute approximate surface area is 184 Å². The van der Waals surface area contributed by atoms with Gasteiger partial charge in [-0.3, -0.25) is 4.98 Å². The third-order valence-corrected chi connectivity index (χ3v) is 5.76. The summed E-state index contributed by atoms with van der Waals surface area (Å²) in [6, 6.07) is 5.26. The van der Waals surface area contributed by atoms with E-state index in [2.05, 4.69) is 20.9 Å². The fraction of sp³-hybridized carbons (Fsp3) is 0.500. The predicted molar refractivity (Wildman–Crippen MR) is 123 cm³/mol. The van der Waals surface area contributed by atoms with Crippen LogP contribution >= 0.6 is 0 Å². The number of rotatable bonds is 6. The van der Waals surface area contributed by atoms with Crippen molar-refractivity contribution < 1.29 is 14.6 Å². The van der Waals surface area contributed by atoms with Gasteiger partial charge in [0.05, 0.1) is 12.8 Å². The molecule has 0 unspecified atom stereocenters. The van der Waals surface area contributed by atoms with E-state index in [1.807, 2.05) is 39.0 Å². The summed E-state index contributed by atoms with van der Waals surface area (Å²) in [5.41, 5.74) is 2.61. The van der Waals surface area contributed by atoms with Crippen molar-refractivity contribution in [3.63, 3.8) is 0 Å². The molecule has 168 valence electrons. The second-order valence-corrected chi connectivity index (χ2v) is 9.14. The standard InChI is InChI=1S/C24H34N4O3/c1-24(2,3)19-13-20(31-4)18(12-16-7-10-25-11-8-16)21(22(19)29)28-23(30)27-15-17-6-5-9-26-14-17/h5-6,9,13-14,16,25,29H,7-8,10-12,15H2,1-4H3,(H2,27,28,30). The van der Waals surface area contributed by atoms with Gasteiger partial charge in [-0.05, 0) is 61.4 Å². The summed E-state index contributed by atoms with van der Waals surface area (Å²) < 4.78 is 5.72. The Bertz CT molecular complexity index is 888. The molecule has 2 amide bonds. The van der Waals surface area contributed by atoms with Gasteiger partial charge in [0.15, 0.2) is 0 Å². The zero-order valence-electron chi connectivity index (χ0n) is 18.9. The highest BCUT2D eigenvalue weighted by atomic mass is 16.5. The van der Waals surface area contributed by atoms with Crippen molar-refractivity contribution in [3.05, 3.63) is 47.3 Å². The number of aromatic hydroxyl groups is 1. The lowest BCUT2D eigenvalue weighted by atomic mass is 9.83. The van der Waals surface area contributed by atoms with Crippen LogP contribution in [-0.2, 0) is 18.4 Å². The SMILES string of the molecule is COc1cc(C(C)(C)C)c(O)c(NC(=O)NCc2cccnc2)c1CC1CCNCC1. The van der Waals surface area contributed by atoms with E-state index in [0.29, 0.717) is 23.9 Å². The van der Waals surface area contributed by atoms with E-state index in [4.69, 9.17) is 4.74 Å². The molecule has 7 heteroatoms. The molecule has 0 saturated carbocycles. The molecule has 1 aromatic carbocycles. The number of carbonyl (C=O) groups excluding carboxylic acids is 1. The van der Waals surface area contributed by atoms with E-state index in [1.165, 1.54) is 0 Å². The van der Waals surface area contributed by atoms with Gasteiger partial charge in [0.2, 0.25) is 0 Å². The number of nitrogens with one attached hydrogen (secondary N) is 3. The van der Waals surface area contributed by atoms with Crippen LogP contribution in [-0.4, -0.2) is 36.3 Å². The summed E-state index contributed by atoms with van der Waals surface area (Å²) >= 11 is 0. The van der Waals surface area contributed by atoms with Crippen LogP contribution in [0.2, 0.25) is 0 Å². The Hall–Kier alpha value is -2.80. The van der Waals surface area contributed by atoms with Crippen LogP contribution in [0.4, 0.5) is 10.5 Å². The molecule has 4 N–H and O–H groups in total. The average Bonchev–Trinajstić information content (AvgIpc) is 2.75.